The maximum atomic E-state index is 12.7. The second-order valence-corrected chi connectivity index (χ2v) is 8.31. The first-order chi connectivity index (χ1) is 13.1. The molecule has 0 unspecified atom stereocenters. The van der Waals surface area contributed by atoms with Crippen LogP contribution in [0.5, 0.6) is 5.75 Å². The fourth-order valence-corrected chi connectivity index (χ4v) is 4.79. The zero-order valence-corrected chi connectivity index (χ0v) is 16.1. The predicted octanol–water partition coefficient (Wildman–Crippen LogP) is 3.17. The van der Waals surface area contributed by atoms with Gasteiger partial charge in [0.1, 0.15) is 5.75 Å². The van der Waals surface area contributed by atoms with E-state index in [1.807, 2.05) is 34.1 Å². The molecule has 1 aliphatic carbocycles. The lowest BCUT2D eigenvalue weighted by atomic mass is 9.86. The highest BCUT2D eigenvalue weighted by Gasteiger charge is 2.48. The molecular weight excluding hydrogens is 342 g/mol. The van der Waals surface area contributed by atoms with Gasteiger partial charge in [-0.05, 0) is 43.5 Å². The van der Waals surface area contributed by atoms with Gasteiger partial charge in [-0.25, -0.2) is 4.79 Å². The number of nitrogens with zero attached hydrogens (tertiary/aromatic N) is 2. The molecule has 27 heavy (non-hydrogen) atoms. The minimum absolute atomic E-state index is 0.0501. The van der Waals surface area contributed by atoms with Crippen molar-refractivity contribution in [3.63, 3.8) is 0 Å². The minimum atomic E-state index is -0.110. The van der Waals surface area contributed by atoms with E-state index in [0.717, 1.165) is 37.2 Å². The van der Waals surface area contributed by atoms with Crippen LogP contribution in [0.1, 0.15) is 44.9 Å². The first kappa shape index (κ1) is 18.1. The van der Waals surface area contributed by atoms with Crippen LogP contribution in [0, 0.1) is 5.41 Å². The summed E-state index contributed by atoms with van der Waals surface area (Å²) in [6, 6.07) is 7.99. The summed E-state index contributed by atoms with van der Waals surface area (Å²) < 4.78 is 5.20. The standard InChI is InChI=1S/C21H29N3O3/c1-27-18-9-7-17(8-10-18)24-15-21(13-19(24)25)11-12-23(14-21)20(26)22-16-5-3-2-4-6-16/h7-10,16H,2-6,11-15H2,1H3,(H,22,26)/t21-/m0/s1. The maximum absolute atomic E-state index is 12.7. The van der Waals surface area contributed by atoms with Gasteiger partial charge in [0.2, 0.25) is 5.91 Å². The molecule has 2 aliphatic heterocycles. The normalized spacial score (nSPS) is 26.0. The third-order valence-corrected chi connectivity index (χ3v) is 6.36. The average molecular weight is 371 g/mol. The number of hydrogen-bond acceptors (Lipinski definition) is 3. The molecule has 2 saturated heterocycles. The number of rotatable bonds is 3. The molecule has 0 bridgehead atoms. The molecule has 1 N–H and O–H groups in total. The fourth-order valence-electron chi connectivity index (χ4n) is 4.79. The van der Waals surface area contributed by atoms with Crippen molar-refractivity contribution in [2.24, 2.45) is 5.41 Å². The molecule has 3 aliphatic rings. The number of anilines is 1. The summed E-state index contributed by atoms with van der Waals surface area (Å²) in [5, 5.41) is 3.21. The van der Waals surface area contributed by atoms with E-state index in [4.69, 9.17) is 4.74 Å². The van der Waals surface area contributed by atoms with Crippen LogP contribution < -0.4 is 15.0 Å². The smallest absolute Gasteiger partial charge is 0.317 e. The number of carbonyl (C=O) groups excluding carboxylic acids is 2. The molecule has 3 amide bonds. The van der Waals surface area contributed by atoms with Crippen molar-refractivity contribution >= 4 is 17.6 Å². The largest absolute Gasteiger partial charge is 0.497 e. The summed E-state index contributed by atoms with van der Waals surface area (Å²) in [4.78, 5) is 29.1. The molecule has 6 heteroatoms. The zero-order valence-electron chi connectivity index (χ0n) is 16.1. The molecule has 0 aromatic heterocycles. The Balaban J connectivity index is 1.38. The molecule has 1 atom stereocenters. The third kappa shape index (κ3) is 3.75. The molecule has 1 spiro atoms. The first-order valence-electron chi connectivity index (χ1n) is 10.1. The van der Waals surface area contributed by atoms with E-state index in [-0.39, 0.29) is 17.4 Å². The quantitative estimate of drug-likeness (QED) is 0.888. The second-order valence-electron chi connectivity index (χ2n) is 8.31. The van der Waals surface area contributed by atoms with E-state index in [2.05, 4.69) is 5.32 Å². The number of urea groups is 1. The highest BCUT2D eigenvalue weighted by molar-refractivity contribution is 5.96. The second kappa shape index (κ2) is 7.41. The Bertz CT molecular complexity index is 699. The highest BCUT2D eigenvalue weighted by Crippen LogP contribution is 2.42. The maximum Gasteiger partial charge on any atom is 0.317 e. The van der Waals surface area contributed by atoms with Crippen molar-refractivity contribution in [1.82, 2.24) is 10.2 Å². The number of likely N-dealkylation sites (tertiary alicyclic amines) is 1. The van der Waals surface area contributed by atoms with E-state index < -0.39 is 0 Å². The van der Waals surface area contributed by atoms with E-state index in [1.165, 1.54) is 19.3 Å². The van der Waals surface area contributed by atoms with Crippen molar-refractivity contribution in [1.29, 1.82) is 0 Å². The number of methoxy groups -OCH3 is 1. The van der Waals surface area contributed by atoms with Gasteiger partial charge in [-0.15, -0.1) is 0 Å². The SMILES string of the molecule is COc1ccc(N2C[C@@]3(CCN(C(=O)NC4CCCCC4)C3)CC2=O)cc1. The predicted molar refractivity (Wildman–Crippen MR) is 104 cm³/mol. The van der Waals surface area contributed by atoms with E-state index in [9.17, 15) is 9.59 Å². The van der Waals surface area contributed by atoms with E-state index in [0.29, 0.717) is 25.6 Å². The Hall–Kier alpha value is -2.24. The topological polar surface area (TPSA) is 61.9 Å². The Kier molecular flexibility index (Phi) is 4.98. The molecule has 6 nitrogen and oxygen atoms in total. The fraction of sp³-hybridized carbons (Fsp3) is 0.619. The lowest BCUT2D eigenvalue weighted by Crippen LogP contribution is -2.45. The van der Waals surface area contributed by atoms with Crippen LogP contribution in [0.3, 0.4) is 0 Å². The summed E-state index contributed by atoms with van der Waals surface area (Å²) in [6.45, 7) is 2.09. The Labute approximate surface area is 160 Å². The summed E-state index contributed by atoms with van der Waals surface area (Å²) in [7, 11) is 1.64. The molecular formula is C21H29N3O3. The van der Waals surface area contributed by atoms with E-state index in [1.54, 1.807) is 7.11 Å². The van der Waals surface area contributed by atoms with Gasteiger partial charge in [0.15, 0.2) is 0 Å². The highest BCUT2D eigenvalue weighted by atomic mass is 16.5. The number of amides is 3. The van der Waals surface area contributed by atoms with Crippen LogP contribution in [-0.2, 0) is 4.79 Å². The Morgan fingerprint density at radius 2 is 1.89 bits per heavy atom. The van der Waals surface area contributed by atoms with Crippen molar-refractivity contribution in [2.75, 3.05) is 31.6 Å². The van der Waals surface area contributed by atoms with Crippen LogP contribution >= 0.6 is 0 Å². The molecule has 1 aromatic carbocycles. The molecule has 2 heterocycles. The summed E-state index contributed by atoms with van der Waals surface area (Å²) in [6.07, 6.45) is 7.29. The van der Waals surface area contributed by atoms with E-state index >= 15 is 0 Å². The van der Waals surface area contributed by atoms with Crippen LogP contribution in [0.2, 0.25) is 0 Å². The summed E-state index contributed by atoms with van der Waals surface area (Å²) >= 11 is 0. The van der Waals surface area contributed by atoms with Crippen LogP contribution in [-0.4, -0.2) is 49.6 Å². The molecule has 4 rings (SSSR count). The monoisotopic (exact) mass is 371 g/mol. The lowest BCUT2D eigenvalue weighted by molar-refractivity contribution is -0.117. The van der Waals surface area contributed by atoms with Gasteiger partial charge < -0.3 is 19.9 Å². The average Bonchev–Trinajstić information content (AvgIpc) is 3.25. The van der Waals surface area contributed by atoms with Gasteiger partial charge in [0, 0.05) is 43.2 Å². The number of carbonyl (C=O) groups is 2. The molecule has 146 valence electrons. The minimum Gasteiger partial charge on any atom is -0.497 e. The van der Waals surface area contributed by atoms with Crippen molar-refractivity contribution in [3.8, 4) is 5.75 Å². The molecule has 1 saturated carbocycles. The van der Waals surface area contributed by atoms with Crippen molar-refractivity contribution in [2.45, 2.75) is 51.0 Å². The summed E-state index contributed by atoms with van der Waals surface area (Å²) in [5.74, 6) is 0.932. The number of nitrogens with one attached hydrogen (secondary N) is 1. The number of benzene rings is 1. The van der Waals surface area contributed by atoms with Crippen LogP contribution in [0.4, 0.5) is 10.5 Å². The first-order valence-corrected chi connectivity index (χ1v) is 10.1. The number of hydrogen-bond donors (Lipinski definition) is 1. The lowest BCUT2D eigenvalue weighted by Gasteiger charge is -2.27. The molecule has 3 fully saturated rings. The molecule has 0 radical (unpaired) electrons. The van der Waals surface area contributed by atoms with Crippen molar-refractivity contribution in [3.05, 3.63) is 24.3 Å². The van der Waals surface area contributed by atoms with Crippen molar-refractivity contribution < 1.29 is 14.3 Å². The van der Waals surface area contributed by atoms with Crippen LogP contribution in [0.25, 0.3) is 0 Å². The van der Waals surface area contributed by atoms with Gasteiger partial charge >= 0.3 is 6.03 Å². The van der Waals surface area contributed by atoms with Gasteiger partial charge in [-0.2, -0.15) is 0 Å². The zero-order chi connectivity index (χ0) is 18.9. The van der Waals surface area contributed by atoms with Gasteiger partial charge in [0.05, 0.1) is 7.11 Å². The third-order valence-electron chi connectivity index (χ3n) is 6.36. The summed E-state index contributed by atoms with van der Waals surface area (Å²) in [5.41, 5.74) is 0.795. The molecule has 1 aromatic rings. The Morgan fingerprint density at radius 3 is 2.59 bits per heavy atom. The van der Waals surface area contributed by atoms with Gasteiger partial charge in [0.25, 0.3) is 0 Å². The van der Waals surface area contributed by atoms with Crippen LogP contribution in [0.15, 0.2) is 24.3 Å². The van der Waals surface area contributed by atoms with Gasteiger partial charge in [-0.3, -0.25) is 4.79 Å². The number of ether oxygens (including phenoxy) is 1. The Morgan fingerprint density at radius 1 is 1.15 bits per heavy atom. The van der Waals surface area contributed by atoms with Gasteiger partial charge in [-0.1, -0.05) is 19.3 Å².